The number of aromatic nitrogens is 6. The fourth-order valence-electron chi connectivity index (χ4n) is 9.38. The van der Waals surface area contributed by atoms with E-state index in [9.17, 15) is 60.3 Å². The highest BCUT2D eigenvalue weighted by atomic mass is 32.2. The number of phenols is 2. The Morgan fingerprint density at radius 3 is 0.827 bits per heavy atom. The largest absolute Gasteiger partial charge is 0.502 e. The number of nitrogens with zero attached hydrogens (tertiary/aromatic N) is 12. The third-order valence-electron chi connectivity index (χ3n) is 14.7. The maximum absolute atomic E-state index is 12.4. The molecule has 6 aromatic carbocycles. The number of carbonyl (C=O) groups excluding carboxylic acids is 2. The smallest absolute Gasteiger partial charge is 0.317 e. The van der Waals surface area contributed by atoms with Crippen LogP contribution in [0.25, 0.3) is 0 Å². The number of nitro benzene ring substituents is 4. The van der Waals surface area contributed by atoms with Crippen molar-refractivity contribution in [2.45, 2.75) is 168 Å². The van der Waals surface area contributed by atoms with Crippen LogP contribution in [0.4, 0.5) is 46.5 Å². The molecule has 0 spiro atoms. The van der Waals surface area contributed by atoms with Crippen LogP contribution in [0.3, 0.4) is 0 Å². The summed E-state index contributed by atoms with van der Waals surface area (Å²) in [5.74, 6) is 2.85. The molecule has 8 rings (SSSR count). The molecule has 2 atom stereocenters. The number of likely N-dealkylation sites (N-methyl/N-ethyl adjacent to an activating group) is 2. The highest BCUT2D eigenvalue weighted by molar-refractivity contribution is 7.99. The van der Waals surface area contributed by atoms with Gasteiger partial charge in [0, 0.05) is 75.6 Å². The van der Waals surface area contributed by atoms with Crippen LogP contribution in [0, 0.1) is 40.5 Å². The second-order valence-corrected chi connectivity index (χ2v) is 27.5. The van der Waals surface area contributed by atoms with Crippen molar-refractivity contribution in [1.82, 2.24) is 39.7 Å². The van der Waals surface area contributed by atoms with Crippen LogP contribution in [-0.4, -0.2) is 145 Å². The highest BCUT2D eigenvalue weighted by Crippen LogP contribution is 2.41. The highest BCUT2D eigenvalue weighted by Gasteiger charge is 2.29. The minimum absolute atomic E-state index is 0.104. The van der Waals surface area contributed by atoms with Crippen molar-refractivity contribution >= 4 is 81.9 Å². The summed E-state index contributed by atoms with van der Waals surface area (Å²) in [5.41, 5.74) is 2.55. The lowest BCUT2D eigenvalue weighted by atomic mass is 9.90. The third kappa shape index (κ3) is 29.4. The van der Waals surface area contributed by atoms with Crippen LogP contribution in [0.1, 0.15) is 167 Å². The number of hydrogen-bond donors (Lipinski definition) is 6. The van der Waals surface area contributed by atoms with Crippen LogP contribution in [0.5, 0.6) is 11.5 Å². The number of rotatable bonds is 26. The van der Waals surface area contributed by atoms with Crippen LogP contribution in [0.2, 0.25) is 0 Å². The van der Waals surface area contributed by atoms with Gasteiger partial charge in [-0.1, -0.05) is 186 Å². The van der Waals surface area contributed by atoms with E-state index in [1.807, 2.05) is 135 Å². The first-order valence-corrected chi connectivity index (χ1v) is 35.9. The van der Waals surface area contributed by atoms with Crippen molar-refractivity contribution in [2.24, 2.45) is 0 Å². The zero-order valence-electron chi connectivity index (χ0n) is 62.5. The van der Waals surface area contributed by atoms with E-state index in [0.29, 0.717) is 60.8 Å². The number of nitrogens with one attached hydrogen (secondary N) is 4. The van der Waals surface area contributed by atoms with Gasteiger partial charge < -0.3 is 41.3 Å². The van der Waals surface area contributed by atoms with Gasteiger partial charge >= 0.3 is 11.4 Å². The van der Waals surface area contributed by atoms with Crippen LogP contribution >= 0.6 is 23.5 Å². The molecule has 8 aromatic rings. The maximum atomic E-state index is 12.4. The van der Waals surface area contributed by atoms with Crippen LogP contribution < -0.4 is 21.3 Å². The zero-order valence-corrected chi connectivity index (χ0v) is 64.1. The van der Waals surface area contributed by atoms with E-state index in [0.717, 1.165) is 56.2 Å². The Morgan fingerprint density at radius 2 is 0.644 bits per heavy atom. The van der Waals surface area contributed by atoms with E-state index in [-0.39, 0.29) is 58.0 Å². The van der Waals surface area contributed by atoms with E-state index < -0.39 is 42.6 Å². The van der Waals surface area contributed by atoms with E-state index in [4.69, 9.17) is 0 Å². The van der Waals surface area contributed by atoms with Gasteiger partial charge in [-0.2, -0.15) is 29.9 Å². The van der Waals surface area contributed by atoms with Gasteiger partial charge in [-0.25, -0.2) is 0 Å². The Kier molecular flexibility index (Phi) is 37.6. The quantitative estimate of drug-likeness (QED) is 0.0167. The molecular weight excluding hydrogens is 1370 g/mol. The first-order chi connectivity index (χ1) is 49.2. The lowest BCUT2D eigenvalue weighted by Crippen LogP contribution is -2.28. The molecule has 2 unspecified atom stereocenters. The normalized spacial score (nSPS) is 11.2. The lowest BCUT2D eigenvalue weighted by Gasteiger charge is -2.21. The predicted octanol–water partition coefficient (Wildman–Crippen LogP) is 16.5. The second kappa shape index (κ2) is 44.7. The second-order valence-electron chi connectivity index (χ2n) is 25.0. The standard InChI is InChI=1S/2C16H17NO.2C11H21N5S.2C10H12N2O5/c2*1-17(2)16(18)15(13-9-5-3-6-10-13)14-11-7-4-8-12-14;2*1-6-17-11-15-9(12-7(2)3)14-10(16-11)13-8(4)5;2*1-3-6(2)8-4-7(11(14)15)5-9(10(8)13)12(16)17/h2*3-12,15H,1-2H3;2*7-8H,6H2,1-5H3,(H2,12,13,14,15,16);2*4-6,13H,3H2,1-2H3. The summed E-state index contributed by atoms with van der Waals surface area (Å²) in [6.45, 7) is 27.8. The minimum atomic E-state index is -0.825. The van der Waals surface area contributed by atoms with Gasteiger partial charge in [0.2, 0.25) is 35.6 Å². The first kappa shape index (κ1) is 87.6. The number of aromatic hydroxyl groups is 2. The molecule has 104 heavy (non-hydrogen) atoms. The van der Waals surface area contributed by atoms with Crippen molar-refractivity contribution < 1.29 is 39.5 Å². The Balaban J connectivity index is 0.000000324. The van der Waals surface area contributed by atoms with Crippen LogP contribution in [0.15, 0.2) is 156 Å². The summed E-state index contributed by atoms with van der Waals surface area (Å²) in [6, 6.07) is 44.7. The number of hydrogen-bond acceptors (Lipinski definition) is 24. The summed E-state index contributed by atoms with van der Waals surface area (Å²) in [5, 5.41) is 76.4. The van der Waals surface area contributed by atoms with Gasteiger partial charge in [0.05, 0.1) is 43.7 Å². The van der Waals surface area contributed by atoms with E-state index in [1.165, 1.54) is 12.1 Å². The molecule has 0 aliphatic carbocycles. The number of amides is 2. The Bertz CT molecular complexity index is 3610. The van der Waals surface area contributed by atoms with Gasteiger partial charge in [0.25, 0.3) is 11.4 Å². The number of benzene rings is 6. The lowest BCUT2D eigenvalue weighted by molar-refractivity contribution is -0.395. The molecule has 0 bridgehead atoms. The molecule has 2 heterocycles. The van der Waals surface area contributed by atoms with E-state index in [2.05, 4.69) is 120 Å². The van der Waals surface area contributed by atoms with Crippen molar-refractivity contribution in [1.29, 1.82) is 0 Å². The van der Waals surface area contributed by atoms with Gasteiger partial charge in [-0.15, -0.1) is 0 Å². The van der Waals surface area contributed by atoms with Crippen LogP contribution in [-0.2, 0) is 9.59 Å². The van der Waals surface area contributed by atoms with E-state index >= 15 is 0 Å². The molecule has 0 fully saturated rings. The first-order valence-electron chi connectivity index (χ1n) is 34.0. The molecule has 0 aliphatic heterocycles. The number of thioether (sulfide) groups is 2. The molecule has 0 aliphatic rings. The molecule has 560 valence electrons. The number of anilines is 4. The molecule has 2 amide bonds. The number of phenolic OH excluding ortho intramolecular Hbond substituents is 2. The number of non-ortho nitro benzene ring substituents is 2. The molecule has 0 saturated heterocycles. The molecule has 6 N–H and O–H groups in total. The van der Waals surface area contributed by atoms with Gasteiger partial charge in [0.15, 0.2) is 21.8 Å². The molecule has 0 radical (unpaired) electrons. The molecule has 28 nitrogen and oxygen atoms in total. The van der Waals surface area contributed by atoms with Crippen molar-refractivity contribution in [3.05, 3.63) is 219 Å². The average molecular weight is 1470 g/mol. The Labute approximate surface area is 617 Å². The van der Waals surface area contributed by atoms with Crippen molar-refractivity contribution in [2.75, 3.05) is 61.0 Å². The van der Waals surface area contributed by atoms with E-state index in [1.54, 1.807) is 75.4 Å². The van der Waals surface area contributed by atoms with Gasteiger partial charge in [0.1, 0.15) is 0 Å². The SMILES string of the molecule is CCC(C)c1cc([N+](=O)[O-])cc([N+](=O)[O-])c1O.CCC(C)c1cc([N+](=O)[O-])cc([N+](=O)[O-])c1O.CCSc1nc(NC(C)C)nc(NC(C)C)n1.CCSc1nc(NC(C)C)nc(NC(C)C)n1.CN(C)C(=O)C(c1ccccc1)c1ccccc1.CN(C)C(=O)C(c1ccccc1)c1ccccc1. The van der Waals surface area contributed by atoms with Gasteiger partial charge in [-0.05, 0) is 114 Å². The van der Waals surface area contributed by atoms with Crippen molar-refractivity contribution in [3.63, 3.8) is 0 Å². The summed E-state index contributed by atoms with van der Waals surface area (Å²) in [7, 11) is 7.17. The monoisotopic (exact) mass is 1470 g/mol. The van der Waals surface area contributed by atoms with Gasteiger partial charge in [-0.3, -0.25) is 50.0 Å². The summed E-state index contributed by atoms with van der Waals surface area (Å²) < 4.78 is 0. The summed E-state index contributed by atoms with van der Waals surface area (Å²) in [4.78, 5) is 93.7. The third-order valence-corrected chi connectivity index (χ3v) is 16.1. The topological polar surface area (TPSA) is 379 Å². The molecular formula is C74H100N16O12S2. The summed E-state index contributed by atoms with van der Waals surface area (Å²) in [6.07, 6.45) is 1.23. The van der Waals surface area contributed by atoms with Crippen molar-refractivity contribution in [3.8, 4) is 11.5 Å². The summed E-state index contributed by atoms with van der Waals surface area (Å²) >= 11 is 3.23. The molecule has 30 heteroatoms. The average Bonchev–Trinajstić information content (AvgIpc) is 0.809. The minimum Gasteiger partial charge on any atom is -0.502 e. The zero-order chi connectivity index (χ0) is 77.9. The Morgan fingerprint density at radius 1 is 0.404 bits per heavy atom. The Hall–Kier alpha value is -10.6. The molecule has 0 saturated carbocycles. The number of nitro groups is 4. The fraction of sp³-hybridized carbons (Fsp3) is 0.405. The predicted molar refractivity (Wildman–Crippen MR) is 415 cm³/mol. The maximum Gasteiger partial charge on any atom is 0.317 e. The molecule has 2 aromatic heterocycles. The number of carbonyl (C=O) groups is 2. The fourth-order valence-corrected chi connectivity index (χ4v) is 10.5.